The minimum absolute atomic E-state index is 0. The van der Waals surface area contributed by atoms with E-state index in [4.69, 9.17) is 10.8 Å². The molecule has 3 N–H and O–H groups in total. The average molecular weight is 170 g/mol. The predicted octanol–water partition coefficient (Wildman–Crippen LogP) is -0.143. The number of nitrogens with two attached hydrogens (primary N) is 1. The van der Waals surface area contributed by atoms with Crippen molar-refractivity contribution in [3.8, 4) is 0 Å². The molecule has 0 amide bonds. The normalized spacial score (nSPS) is 11.8. The monoisotopic (exact) mass is 169 g/mol. The Labute approximate surface area is 65.8 Å². The second-order valence-electron chi connectivity index (χ2n) is 1.81. The number of carbonyl (C=O) groups is 1. The summed E-state index contributed by atoms with van der Waals surface area (Å²) in [4.78, 5) is 9.95. The van der Waals surface area contributed by atoms with Gasteiger partial charge in [-0.25, -0.2) is 0 Å². The molecule has 0 aromatic rings. The lowest BCUT2D eigenvalue weighted by Gasteiger charge is -2.04. The lowest BCUT2D eigenvalue weighted by Crippen LogP contribution is -2.28. The van der Waals surface area contributed by atoms with Gasteiger partial charge in [-0.15, -0.1) is 12.4 Å². The van der Waals surface area contributed by atoms with Gasteiger partial charge in [0, 0.05) is 13.2 Å². The molecule has 62 valence electrons. The molecule has 0 aliphatic carbocycles. The van der Waals surface area contributed by atoms with E-state index >= 15 is 0 Å². The van der Waals surface area contributed by atoms with Crippen molar-refractivity contribution in [3.05, 3.63) is 0 Å². The first-order valence-electron chi connectivity index (χ1n) is 2.63. The highest BCUT2D eigenvalue weighted by atomic mass is 35.5. The van der Waals surface area contributed by atoms with Crippen LogP contribution in [-0.4, -0.2) is 30.8 Å². The van der Waals surface area contributed by atoms with Crippen molar-refractivity contribution < 1.29 is 14.6 Å². The van der Waals surface area contributed by atoms with Crippen molar-refractivity contribution in [2.24, 2.45) is 5.73 Å². The second-order valence-corrected chi connectivity index (χ2v) is 1.81. The minimum atomic E-state index is -0.889. The summed E-state index contributed by atoms with van der Waals surface area (Å²) in [6.07, 6.45) is -0.0339. The van der Waals surface area contributed by atoms with E-state index in [1.165, 1.54) is 7.11 Å². The SMILES string of the molecule is COC[C@H](N)CC(=O)O.Cl. The first-order chi connectivity index (χ1) is 4.16. The van der Waals surface area contributed by atoms with E-state index in [1.807, 2.05) is 0 Å². The number of halogens is 1. The van der Waals surface area contributed by atoms with Gasteiger partial charge in [0.25, 0.3) is 0 Å². The Morgan fingerprint density at radius 3 is 2.60 bits per heavy atom. The molecule has 0 unspecified atom stereocenters. The topological polar surface area (TPSA) is 72.5 Å². The molecule has 1 atom stereocenters. The number of carboxylic acid groups (broad SMARTS) is 1. The van der Waals surface area contributed by atoms with Crippen LogP contribution >= 0.6 is 12.4 Å². The molecule has 0 aromatic heterocycles. The lowest BCUT2D eigenvalue weighted by molar-refractivity contribution is -0.137. The Kier molecular flexibility index (Phi) is 8.40. The van der Waals surface area contributed by atoms with Crippen molar-refractivity contribution in [2.45, 2.75) is 12.5 Å². The van der Waals surface area contributed by atoms with Crippen LogP contribution in [0.3, 0.4) is 0 Å². The smallest absolute Gasteiger partial charge is 0.305 e. The number of hydrogen-bond acceptors (Lipinski definition) is 3. The first kappa shape index (κ1) is 12.4. The summed E-state index contributed by atoms with van der Waals surface area (Å²) in [5, 5.41) is 8.17. The zero-order valence-electron chi connectivity index (χ0n) is 5.74. The first-order valence-corrected chi connectivity index (χ1v) is 2.63. The van der Waals surface area contributed by atoms with Crippen molar-refractivity contribution in [2.75, 3.05) is 13.7 Å². The predicted molar refractivity (Wildman–Crippen MR) is 39.4 cm³/mol. The molecule has 0 aliphatic rings. The highest BCUT2D eigenvalue weighted by Gasteiger charge is 2.05. The van der Waals surface area contributed by atoms with Crippen LogP contribution in [0.5, 0.6) is 0 Å². The molecule has 0 aliphatic heterocycles. The molecular formula is C5H12ClNO3. The van der Waals surface area contributed by atoms with Crippen molar-refractivity contribution in [3.63, 3.8) is 0 Å². The van der Waals surface area contributed by atoms with Gasteiger partial charge in [-0.2, -0.15) is 0 Å². The fraction of sp³-hybridized carbons (Fsp3) is 0.800. The number of aliphatic carboxylic acids is 1. The Balaban J connectivity index is 0. The van der Waals surface area contributed by atoms with Gasteiger partial charge in [0.1, 0.15) is 0 Å². The maximum atomic E-state index is 9.95. The van der Waals surface area contributed by atoms with Gasteiger partial charge >= 0.3 is 5.97 Å². The highest BCUT2D eigenvalue weighted by molar-refractivity contribution is 5.85. The van der Waals surface area contributed by atoms with Crippen LogP contribution in [0.25, 0.3) is 0 Å². The van der Waals surface area contributed by atoms with Crippen LogP contribution < -0.4 is 5.73 Å². The van der Waals surface area contributed by atoms with Gasteiger partial charge in [-0.1, -0.05) is 0 Å². The van der Waals surface area contributed by atoms with Gasteiger partial charge in [-0.05, 0) is 0 Å². The number of hydrogen-bond donors (Lipinski definition) is 2. The van der Waals surface area contributed by atoms with Crippen molar-refractivity contribution >= 4 is 18.4 Å². The fourth-order valence-electron chi connectivity index (χ4n) is 0.497. The zero-order chi connectivity index (χ0) is 7.28. The van der Waals surface area contributed by atoms with Crippen molar-refractivity contribution in [1.29, 1.82) is 0 Å². The molecule has 0 fully saturated rings. The molecule has 0 aromatic carbocycles. The Bertz CT molecular complexity index is 98.9. The summed E-state index contributed by atoms with van der Waals surface area (Å²) in [5.41, 5.74) is 5.28. The molecule has 0 saturated carbocycles. The van der Waals surface area contributed by atoms with Gasteiger partial charge in [0.05, 0.1) is 13.0 Å². The summed E-state index contributed by atoms with van der Waals surface area (Å²) in [6, 6.07) is -0.382. The molecule has 5 heteroatoms. The summed E-state index contributed by atoms with van der Waals surface area (Å²) in [7, 11) is 1.49. The maximum absolute atomic E-state index is 9.95. The second kappa shape index (κ2) is 6.80. The molecule has 0 spiro atoms. The van der Waals surface area contributed by atoms with Gasteiger partial charge in [0.15, 0.2) is 0 Å². The average Bonchev–Trinajstić information content (AvgIpc) is 1.63. The van der Waals surface area contributed by atoms with E-state index in [-0.39, 0.29) is 24.9 Å². The maximum Gasteiger partial charge on any atom is 0.305 e. The molecular weight excluding hydrogens is 158 g/mol. The third kappa shape index (κ3) is 7.68. The standard InChI is InChI=1S/C5H11NO3.ClH/c1-9-3-4(6)2-5(7)8;/h4H,2-3,6H2,1H3,(H,7,8);1H/t4-;/m1./s1. The molecule has 0 rings (SSSR count). The van der Waals surface area contributed by atoms with E-state index < -0.39 is 5.97 Å². The lowest BCUT2D eigenvalue weighted by atomic mass is 10.2. The molecule has 10 heavy (non-hydrogen) atoms. The van der Waals surface area contributed by atoms with Gasteiger partial charge in [-0.3, -0.25) is 4.79 Å². The third-order valence-electron chi connectivity index (χ3n) is 0.818. The summed E-state index contributed by atoms with van der Waals surface area (Å²) in [6.45, 7) is 0.298. The van der Waals surface area contributed by atoms with Crippen LogP contribution in [-0.2, 0) is 9.53 Å². The zero-order valence-corrected chi connectivity index (χ0v) is 6.56. The Hall–Kier alpha value is -0.320. The molecule has 0 saturated heterocycles. The minimum Gasteiger partial charge on any atom is -0.481 e. The summed E-state index contributed by atoms with van der Waals surface area (Å²) >= 11 is 0. The van der Waals surface area contributed by atoms with Gasteiger partial charge in [0.2, 0.25) is 0 Å². The molecule has 0 radical (unpaired) electrons. The van der Waals surface area contributed by atoms with E-state index in [9.17, 15) is 4.79 Å². The number of methoxy groups -OCH3 is 1. The van der Waals surface area contributed by atoms with Crippen LogP contribution in [0.2, 0.25) is 0 Å². The van der Waals surface area contributed by atoms with Crippen LogP contribution in [0.15, 0.2) is 0 Å². The number of carboxylic acids is 1. The van der Waals surface area contributed by atoms with E-state index in [0.717, 1.165) is 0 Å². The van der Waals surface area contributed by atoms with E-state index in [2.05, 4.69) is 4.74 Å². The van der Waals surface area contributed by atoms with Crippen LogP contribution in [0.4, 0.5) is 0 Å². The molecule has 4 nitrogen and oxygen atoms in total. The fourth-order valence-corrected chi connectivity index (χ4v) is 0.497. The van der Waals surface area contributed by atoms with Gasteiger partial charge < -0.3 is 15.6 Å². The molecule has 0 heterocycles. The van der Waals surface area contributed by atoms with Crippen LogP contribution in [0.1, 0.15) is 6.42 Å². The van der Waals surface area contributed by atoms with E-state index in [0.29, 0.717) is 6.61 Å². The largest absolute Gasteiger partial charge is 0.481 e. The molecule has 0 bridgehead atoms. The number of ether oxygens (including phenoxy) is 1. The van der Waals surface area contributed by atoms with Crippen molar-refractivity contribution in [1.82, 2.24) is 0 Å². The quantitative estimate of drug-likeness (QED) is 0.614. The third-order valence-corrected chi connectivity index (χ3v) is 0.818. The highest BCUT2D eigenvalue weighted by Crippen LogP contribution is 1.86. The Morgan fingerprint density at radius 1 is 1.80 bits per heavy atom. The number of rotatable bonds is 4. The van der Waals surface area contributed by atoms with E-state index in [1.54, 1.807) is 0 Å². The summed E-state index contributed by atoms with van der Waals surface area (Å²) < 4.78 is 4.62. The van der Waals surface area contributed by atoms with Crippen LogP contribution in [0, 0.1) is 0 Å². The Morgan fingerprint density at radius 2 is 2.30 bits per heavy atom. The summed E-state index contributed by atoms with van der Waals surface area (Å²) in [5.74, 6) is -0.889.